The van der Waals surface area contributed by atoms with Gasteiger partial charge in [0.25, 0.3) is 0 Å². The molecule has 0 bridgehead atoms. The summed E-state index contributed by atoms with van der Waals surface area (Å²) in [6.07, 6.45) is 0. The Morgan fingerprint density at radius 1 is 0.833 bits per heavy atom. The van der Waals surface area contributed by atoms with Gasteiger partial charge in [-0.1, -0.05) is 42.6 Å². The van der Waals surface area contributed by atoms with Gasteiger partial charge in [0.1, 0.15) is 0 Å². The van der Waals surface area contributed by atoms with Crippen molar-refractivity contribution in [2.24, 2.45) is 0 Å². The number of benzene rings is 2. The third-order valence-corrected chi connectivity index (χ3v) is 2.76. The van der Waals surface area contributed by atoms with Crippen LogP contribution >= 0.6 is 0 Å². The topological polar surface area (TPSA) is 0 Å². The van der Waals surface area contributed by atoms with Crippen LogP contribution in [-0.2, 0) is 26.2 Å². The molecule has 4 heteroatoms. The Balaban J connectivity index is 0. The molecular weight excluding hydrogens is 366 g/mol. The molecule has 0 saturated carbocycles. The van der Waals surface area contributed by atoms with Crippen LogP contribution in [0.15, 0.2) is 48.5 Å². The molecule has 3 aromatic carbocycles. The first-order valence-corrected chi connectivity index (χ1v) is 4.89. The molecule has 0 nitrogen and oxygen atoms in total. The van der Waals surface area contributed by atoms with E-state index in [4.69, 9.17) is 0 Å². The maximum Gasteiger partial charge on any atom is 4.00 e. The van der Waals surface area contributed by atoms with Crippen LogP contribution in [0.3, 0.4) is 0 Å². The normalized spacial score (nSPS) is 8.72. The second-order valence-corrected chi connectivity index (χ2v) is 3.82. The maximum atomic E-state index is 2.26. The van der Waals surface area contributed by atoms with Crippen molar-refractivity contribution in [1.29, 1.82) is 0 Å². The van der Waals surface area contributed by atoms with Crippen LogP contribution in [0.4, 0.5) is 0 Å². The van der Waals surface area contributed by atoms with Gasteiger partial charge in [0, 0.05) is 0 Å². The number of hydrogen-bond donors (Lipinski definition) is 0. The van der Waals surface area contributed by atoms with Crippen molar-refractivity contribution < 1.29 is 63.4 Å². The number of aryl methyl sites for hydroxylation is 1. The van der Waals surface area contributed by atoms with E-state index in [1.807, 2.05) is 0 Å². The SMILES string of the molecule is Cc1cc2c(ccc3ccccc32)[cH-]1.[Cl-].[Cl-].[Cl-].[Zr+4]. The predicted octanol–water partition coefficient (Wildman–Crippen LogP) is -4.97. The Bertz CT molecular complexity index is 617. The van der Waals surface area contributed by atoms with Crippen molar-refractivity contribution >= 4 is 21.5 Å². The number of hydrogen-bond acceptors (Lipinski definition) is 0. The van der Waals surface area contributed by atoms with E-state index in [1.54, 1.807) is 0 Å². The summed E-state index contributed by atoms with van der Waals surface area (Å²) in [5, 5.41) is 5.41. The second kappa shape index (κ2) is 8.28. The molecule has 0 unspecified atom stereocenters. The molecule has 3 rings (SSSR count). The molecule has 0 aromatic heterocycles. The van der Waals surface area contributed by atoms with E-state index in [0.29, 0.717) is 0 Å². The molecule has 92 valence electrons. The predicted molar refractivity (Wildman–Crippen MR) is 61.8 cm³/mol. The fourth-order valence-electron chi connectivity index (χ4n) is 2.11. The Kier molecular flexibility index (Phi) is 9.37. The van der Waals surface area contributed by atoms with Gasteiger partial charge in [-0.2, -0.15) is 6.07 Å². The third-order valence-electron chi connectivity index (χ3n) is 2.76. The van der Waals surface area contributed by atoms with Gasteiger partial charge in [0.05, 0.1) is 0 Å². The van der Waals surface area contributed by atoms with E-state index in [0.717, 1.165) is 0 Å². The molecular formula is C14H11Cl3Zr. The van der Waals surface area contributed by atoms with Crippen molar-refractivity contribution in [3.05, 3.63) is 54.1 Å². The molecule has 3 aromatic rings. The van der Waals surface area contributed by atoms with Gasteiger partial charge in [0.15, 0.2) is 0 Å². The van der Waals surface area contributed by atoms with Crippen LogP contribution in [-0.4, -0.2) is 0 Å². The van der Waals surface area contributed by atoms with Crippen LogP contribution in [0.5, 0.6) is 0 Å². The molecule has 0 spiro atoms. The number of rotatable bonds is 0. The van der Waals surface area contributed by atoms with E-state index in [2.05, 4.69) is 55.5 Å². The number of fused-ring (bicyclic) bond motifs is 3. The van der Waals surface area contributed by atoms with Crippen LogP contribution in [0.25, 0.3) is 21.5 Å². The molecule has 0 saturated heterocycles. The summed E-state index contributed by atoms with van der Waals surface area (Å²) < 4.78 is 0. The smallest absolute Gasteiger partial charge is 1.00 e. The van der Waals surface area contributed by atoms with Crippen LogP contribution in [0.1, 0.15) is 5.56 Å². The second-order valence-electron chi connectivity index (χ2n) is 3.82. The van der Waals surface area contributed by atoms with Crippen LogP contribution < -0.4 is 37.2 Å². The molecule has 0 aliphatic heterocycles. The first kappa shape index (κ1) is 20.4. The standard InChI is InChI=1S/C14H11.3ClH.Zr/c1-10-8-12-7-6-11-4-2-3-5-13(11)14(12)9-10;;;;/h2-9H,1H3;3*1H;/q-1;;;;+4/p-3. The summed E-state index contributed by atoms with van der Waals surface area (Å²) in [6, 6.07) is 17.4. The molecule has 0 aliphatic carbocycles. The zero-order valence-electron chi connectivity index (χ0n) is 9.75. The fourth-order valence-corrected chi connectivity index (χ4v) is 2.11. The van der Waals surface area contributed by atoms with Crippen molar-refractivity contribution in [1.82, 2.24) is 0 Å². The van der Waals surface area contributed by atoms with Crippen molar-refractivity contribution in [2.75, 3.05) is 0 Å². The first-order valence-electron chi connectivity index (χ1n) is 4.89. The minimum atomic E-state index is 0. The Hall–Kier alpha value is 0.0631. The van der Waals surface area contributed by atoms with Crippen LogP contribution in [0, 0.1) is 6.92 Å². The first-order chi connectivity index (χ1) is 6.84. The summed E-state index contributed by atoms with van der Waals surface area (Å²) in [5.74, 6) is 0. The quantitative estimate of drug-likeness (QED) is 0.345. The molecule has 0 atom stereocenters. The van der Waals surface area contributed by atoms with E-state index < -0.39 is 0 Å². The van der Waals surface area contributed by atoms with Crippen molar-refractivity contribution in [2.45, 2.75) is 6.92 Å². The van der Waals surface area contributed by atoms with Crippen molar-refractivity contribution in [3.63, 3.8) is 0 Å². The van der Waals surface area contributed by atoms with Crippen LogP contribution in [0.2, 0.25) is 0 Å². The van der Waals surface area contributed by atoms with Gasteiger partial charge in [-0.15, -0.1) is 28.5 Å². The zero-order valence-corrected chi connectivity index (χ0v) is 14.5. The number of halogens is 3. The summed E-state index contributed by atoms with van der Waals surface area (Å²) in [5.41, 5.74) is 1.34. The summed E-state index contributed by atoms with van der Waals surface area (Å²) in [6.45, 7) is 2.15. The molecule has 0 N–H and O–H groups in total. The fraction of sp³-hybridized carbons (Fsp3) is 0.0714. The summed E-state index contributed by atoms with van der Waals surface area (Å²) >= 11 is 0. The monoisotopic (exact) mass is 374 g/mol. The van der Waals surface area contributed by atoms with Gasteiger partial charge >= 0.3 is 26.2 Å². The summed E-state index contributed by atoms with van der Waals surface area (Å²) in [7, 11) is 0. The Morgan fingerprint density at radius 3 is 2.22 bits per heavy atom. The Labute approximate surface area is 145 Å². The van der Waals surface area contributed by atoms with Gasteiger partial charge in [-0.25, -0.2) is 0 Å². The van der Waals surface area contributed by atoms with Gasteiger partial charge in [-0.3, -0.25) is 0 Å². The van der Waals surface area contributed by atoms with Gasteiger partial charge < -0.3 is 37.2 Å². The molecule has 0 heterocycles. The molecule has 0 amide bonds. The Morgan fingerprint density at radius 2 is 1.50 bits per heavy atom. The molecule has 0 fully saturated rings. The third kappa shape index (κ3) is 3.55. The van der Waals surface area contributed by atoms with E-state index in [1.165, 1.54) is 27.1 Å². The average molecular weight is 377 g/mol. The average Bonchev–Trinajstić information content (AvgIpc) is 2.59. The molecule has 0 aliphatic rings. The summed E-state index contributed by atoms with van der Waals surface area (Å²) in [4.78, 5) is 0. The maximum absolute atomic E-state index is 2.26. The molecule has 0 radical (unpaired) electrons. The zero-order chi connectivity index (χ0) is 9.54. The minimum absolute atomic E-state index is 0. The largest absolute Gasteiger partial charge is 4.00 e. The van der Waals surface area contributed by atoms with E-state index in [9.17, 15) is 0 Å². The minimum Gasteiger partial charge on any atom is -1.00 e. The van der Waals surface area contributed by atoms with E-state index in [-0.39, 0.29) is 63.4 Å². The van der Waals surface area contributed by atoms with Gasteiger partial charge in [0.2, 0.25) is 0 Å². The van der Waals surface area contributed by atoms with E-state index >= 15 is 0 Å². The van der Waals surface area contributed by atoms with Crippen molar-refractivity contribution in [3.8, 4) is 0 Å². The van der Waals surface area contributed by atoms with Gasteiger partial charge in [-0.05, 0) is 5.39 Å². The molecule has 18 heavy (non-hydrogen) atoms.